The average Bonchev–Trinajstić information content (AvgIpc) is 2.64. The van der Waals surface area contributed by atoms with Crippen molar-refractivity contribution in [2.75, 3.05) is 26.2 Å². The minimum atomic E-state index is 0.0705. The monoisotopic (exact) mass is 359 g/mol. The molecule has 2 amide bonds. The van der Waals surface area contributed by atoms with Crippen molar-refractivity contribution >= 4 is 11.8 Å². The standard InChI is InChI=1S/C20H29N3O3/c1-16(2)26-14-19(25)22-11-7-20(8-12-22)6-3-18(24)23(15-20)13-17-4-9-21-10-5-17/h4-5,9-10,16H,3,6-8,11-15H2,1-2H3. The van der Waals surface area contributed by atoms with Crippen LogP contribution in [-0.4, -0.2) is 58.9 Å². The summed E-state index contributed by atoms with van der Waals surface area (Å²) in [7, 11) is 0. The van der Waals surface area contributed by atoms with Crippen molar-refractivity contribution in [1.29, 1.82) is 0 Å². The number of ether oxygens (including phenoxy) is 1. The lowest BCUT2D eigenvalue weighted by Crippen LogP contribution is -2.52. The van der Waals surface area contributed by atoms with Gasteiger partial charge < -0.3 is 14.5 Å². The van der Waals surface area contributed by atoms with E-state index in [-0.39, 0.29) is 29.9 Å². The largest absolute Gasteiger partial charge is 0.369 e. The molecule has 1 aromatic heterocycles. The Morgan fingerprint density at radius 3 is 2.58 bits per heavy atom. The van der Waals surface area contributed by atoms with Crippen molar-refractivity contribution in [2.24, 2.45) is 5.41 Å². The highest BCUT2D eigenvalue weighted by Crippen LogP contribution is 2.40. The Balaban J connectivity index is 1.56. The highest BCUT2D eigenvalue weighted by molar-refractivity contribution is 5.78. The van der Waals surface area contributed by atoms with Crippen LogP contribution >= 0.6 is 0 Å². The molecule has 2 aliphatic rings. The van der Waals surface area contributed by atoms with Gasteiger partial charge in [0.25, 0.3) is 0 Å². The predicted molar refractivity (Wildman–Crippen MR) is 98.2 cm³/mol. The molecule has 3 rings (SSSR count). The lowest BCUT2D eigenvalue weighted by molar-refractivity contribution is -0.145. The van der Waals surface area contributed by atoms with Crippen LogP contribution in [0.5, 0.6) is 0 Å². The number of hydrogen-bond acceptors (Lipinski definition) is 4. The van der Waals surface area contributed by atoms with Crippen LogP contribution in [0.1, 0.15) is 45.1 Å². The topological polar surface area (TPSA) is 62.7 Å². The zero-order valence-corrected chi connectivity index (χ0v) is 15.8. The fourth-order valence-corrected chi connectivity index (χ4v) is 3.92. The molecule has 1 spiro atoms. The summed E-state index contributed by atoms with van der Waals surface area (Å²) in [4.78, 5) is 32.6. The zero-order chi connectivity index (χ0) is 18.6. The Bertz CT molecular complexity index is 624. The van der Waals surface area contributed by atoms with Crippen LogP contribution < -0.4 is 0 Å². The molecule has 0 radical (unpaired) electrons. The van der Waals surface area contributed by atoms with Crippen molar-refractivity contribution in [3.8, 4) is 0 Å². The number of piperidine rings is 2. The molecule has 1 aromatic rings. The number of carbonyl (C=O) groups is 2. The molecule has 6 heteroatoms. The van der Waals surface area contributed by atoms with E-state index in [0.29, 0.717) is 13.0 Å². The van der Waals surface area contributed by atoms with Crippen LogP contribution in [0, 0.1) is 5.41 Å². The first-order valence-electron chi connectivity index (χ1n) is 9.53. The number of amides is 2. The van der Waals surface area contributed by atoms with E-state index < -0.39 is 0 Å². The molecular formula is C20H29N3O3. The maximum absolute atomic E-state index is 12.4. The lowest BCUT2D eigenvalue weighted by atomic mass is 9.72. The van der Waals surface area contributed by atoms with E-state index in [2.05, 4.69) is 4.98 Å². The summed E-state index contributed by atoms with van der Waals surface area (Å²) in [5.41, 5.74) is 1.26. The molecule has 0 N–H and O–H groups in total. The summed E-state index contributed by atoms with van der Waals surface area (Å²) in [6, 6.07) is 3.93. The highest BCUT2D eigenvalue weighted by atomic mass is 16.5. The Morgan fingerprint density at radius 1 is 1.23 bits per heavy atom. The molecule has 2 aliphatic heterocycles. The zero-order valence-electron chi connectivity index (χ0n) is 15.8. The summed E-state index contributed by atoms with van der Waals surface area (Å²) >= 11 is 0. The van der Waals surface area contributed by atoms with E-state index in [4.69, 9.17) is 4.74 Å². The molecule has 26 heavy (non-hydrogen) atoms. The minimum Gasteiger partial charge on any atom is -0.369 e. The molecule has 0 saturated carbocycles. The summed E-state index contributed by atoms with van der Waals surface area (Å²) in [5.74, 6) is 0.311. The van der Waals surface area contributed by atoms with Gasteiger partial charge in [0.15, 0.2) is 0 Å². The molecule has 6 nitrogen and oxygen atoms in total. The quantitative estimate of drug-likeness (QED) is 0.809. The van der Waals surface area contributed by atoms with Gasteiger partial charge in [0, 0.05) is 45.0 Å². The lowest BCUT2D eigenvalue weighted by Gasteiger charge is -2.47. The van der Waals surface area contributed by atoms with Gasteiger partial charge in [-0.25, -0.2) is 0 Å². The van der Waals surface area contributed by atoms with E-state index in [1.165, 1.54) is 0 Å². The van der Waals surface area contributed by atoms with Gasteiger partial charge in [0.1, 0.15) is 6.61 Å². The van der Waals surface area contributed by atoms with E-state index in [1.54, 1.807) is 12.4 Å². The maximum Gasteiger partial charge on any atom is 0.248 e. The van der Waals surface area contributed by atoms with Crippen molar-refractivity contribution in [3.63, 3.8) is 0 Å². The van der Waals surface area contributed by atoms with Crippen LogP contribution in [0.4, 0.5) is 0 Å². The first kappa shape index (κ1) is 18.8. The number of likely N-dealkylation sites (tertiary alicyclic amines) is 2. The van der Waals surface area contributed by atoms with Crippen LogP contribution in [0.25, 0.3) is 0 Å². The third kappa shape index (κ3) is 4.61. The first-order valence-corrected chi connectivity index (χ1v) is 9.53. The van der Waals surface area contributed by atoms with Crippen LogP contribution in [0.3, 0.4) is 0 Å². The Hall–Kier alpha value is -1.95. The molecule has 0 unspecified atom stereocenters. The van der Waals surface area contributed by atoms with Crippen LogP contribution in [0.2, 0.25) is 0 Å². The highest BCUT2D eigenvalue weighted by Gasteiger charge is 2.41. The number of rotatable bonds is 5. The Morgan fingerprint density at radius 2 is 1.92 bits per heavy atom. The van der Waals surface area contributed by atoms with Crippen LogP contribution in [-0.2, 0) is 20.9 Å². The molecule has 2 fully saturated rings. The summed E-state index contributed by atoms with van der Waals surface area (Å²) in [5, 5.41) is 0. The van der Waals surface area contributed by atoms with E-state index >= 15 is 0 Å². The first-order chi connectivity index (χ1) is 12.5. The van der Waals surface area contributed by atoms with E-state index in [9.17, 15) is 9.59 Å². The predicted octanol–water partition coefficient (Wildman–Crippen LogP) is 2.24. The van der Waals surface area contributed by atoms with Gasteiger partial charge in [-0.1, -0.05) is 0 Å². The maximum atomic E-state index is 12.4. The second-order valence-electron chi connectivity index (χ2n) is 7.85. The van der Waals surface area contributed by atoms with Gasteiger partial charge in [-0.05, 0) is 56.2 Å². The summed E-state index contributed by atoms with van der Waals surface area (Å²) < 4.78 is 5.44. The Labute approximate surface area is 155 Å². The molecule has 2 saturated heterocycles. The fraction of sp³-hybridized carbons (Fsp3) is 0.650. The number of nitrogens with zero attached hydrogens (tertiary/aromatic N) is 3. The molecular weight excluding hydrogens is 330 g/mol. The third-order valence-electron chi connectivity index (χ3n) is 5.59. The van der Waals surface area contributed by atoms with Gasteiger partial charge >= 0.3 is 0 Å². The fourth-order valence-electron chi connectivity index (χ4n) is 3.92. The van der Waals surface area contributed by atoms with Gasteiger partial charge in [-0.3, -0.25) is 14.6 Å². The summed E-state index contributed by atoms with van der Waals surface area (Å²) in [6.07, 6.45) is 7.06. The molecule has 142 valence electrons. The van der Waals surface area contributed by atoms with Gasteiger partial charge in [-0.15, -0.1) is 0 Å². The number of carbonyl (C=O) groups excluding carboxylic acids is 2. The molecule has 0 bridgehead atoms. The van der Waals surface area contributed by atoms with Crippen molar-refractivity contribution in [1.82, 2.24) is 14.8 Å². The third-order valence-corrected chi connectivity index (χ3v) is 5.59. The SMILES string of the molecule is CC(C)OCC(=O)N1CCC2(CCC(=O)N(Cc3ccncc3)C2)CC1. The van der Waals surface area contributed by atoms with Crippen molar-refractivity contribution in [2.45, 2.75) is 52.2 Å². The van der Waals surface area contributed by atoms with E-state index in [1.807, 2.05) is 35.8 Å². The minimum absolute atomic E-state index is 0.0705. The number of pyridine rings is 1. The molecule has 0 aromatic carbocycles. The number of aromatic nitrogens is 1. The second-order valence-corrected chi connectivity index (χ2v) is 7.85. The van der Waals surface area contributed by atoms with E-state index in [0.717, 1.165) is 44.5 Å². The molecule has 0 aliphatic carbocycles. The molecule has 0 atom stereocenters. The Kier molecular flexibility index (Phi) is 5.91. The second kappa shape index (κ2) is 8.16. The van der Waals surface area contributed by atoms with Crippen molar-refractivity contribution < 1.29 is 14.3 Å². The smallest absolute Gasteiger partial charge is 0.248 e. The average molecular weight is 359 g/mol. The molecule has 3 heterocycles. The van der Waals surface area contributed by atoms with Gasteiger partial charge in [0.05, 0.1) is 6.10 Å². The normalized spacial score (nSPS) is 20.0. The van der Waals surface area contributed by atoms with Gasteiger partial charge in [-0.2, -0.15) is 0 Å². The number of hydrogen-bond donors (Lipinski definition) is 0. The van der Waals surface area contributed by atoms with Crippen molar-refractivity contribution in [3.05, 3.63) is 30.1 Å². The van der Waals surface area contributed by atoms with Crippen LogP contribution in [0.15, 0.2) is 24.5 Å². The summed E-state index contributed by atoms with van der Waals surface area (Å²) in [6.45, 7) is 7.00. The van der Waals surface area contributed by atoms with Gasteiger partial charge in [0.2, 0.25) is 11.8 Å².